The van der Waals surface area contributed by atoms with Crippen molar-refractivity contribution in [3.8, 4) is 11.3 Å². The van der Waals surface area contributed by atoms with Crippen LogP contribution in [0.3, 0.4) is 0 Å². The van der Waals surface area contributed by atoms with E-state index in [4.69, 9.17) is 52.2 Å². The predicted octanol–water partition coefficient (Wildman–Crippen LogP) is 0.0869. The molecule has 0 unspecified atom stereocenters. The lowest BCUT2D eigenvalue weighted by Crippen LogP contribution is -2.41. The average molecular weight is 1050 g/mol. The monoisotopic (exact) mass is 1050 g/mol. The molecule has 0 aliphatic carbocycles. The molecule has 0 aromatic carbocycles. The summed E-state index contributed by atoms with van der Waals surface area (Å²) >= 11 is 0. The lowest BCUT2D eigenvalue weighted by molar-refractivity contribution is -0.395. The fourth-order valence-electron chi connectivity index (χ4n) is 6.52. The summed E-state index contributed by atoms with van der Waals surface area (Å²) in [6, 6.07) is 1.73. The Morgan fingerprint density at radius 3 is 1.66 bits per heavy atom. The highest BCUT2D eigenvalue weighted by Crippen LogP contribution is 2.28. The van der Waals surface area contributed by atoms with Crippen LogP contribution >= 0.6 is 0 Å². The lowest BCUT2D eigenvalue weighted by Gasteiger charge is -2.21. The van der Waals surface area contributed by atoms with Gasteiger partial charge in [-0.1, -0.05) is 11.9 Å². The van der Waals surface area contributed by atoms with E-state index in [1.807, 2.05) is 6.92 Å². The number of nitrogens with one attached hydrogen (secondary N) is 4. The summed E-state index contributed by atoms with van der Waals surface area (Å²) < 4.78 is 54.8. The molecule has 2 aliphatic heterocycles. The van der Waals surface area contributed by atoms with Crippen molar-refractivity contribution in [1.82, 2.24) is 30.6 Å². The molecule has 0 bridgehead atoms. The zero-order valence-electron chi connectivity index (χ0n) is 42.6. The molecule has 0 spiro atoms. The zero-order valence-corrected chi connectivity index (χ0v) is 42.6. The molecular formula is C49H73N8O17+. The second-order valence-corrected chi connectivity index (χ2v) is 15.9. The standard InChI is InChI=1S/C49H72N8O17/c1-3-9-57(74-4-2)49(63)38-30-39-33-51-41(32-42(39)55-45(59)31-38)40-34-52-43(53-35-40)36-54-44(58)7-10-64-12-14-66-16-18-68-20-22-70-24-26-72-28-29-73-27-25-71-23-21-69-19-17-67-15-13-65-11-8-50-46(60)37-56-47(61)5-6-48(56)62/h5-6,30,32-35H,3-4,7-29,31,36-37H2,1-2H3,(H,50,60)(H,54,58)(H,55,59)/p+1. The van der Waals surface area contributed by atoms with Gasteiger partial charge >= 0.3 is 5.82 Å². The maximum atomic E-state index is 13.1. The van der Waals surface area contributed by atoms with E-state index in [1.54, 1.807) is 37.7 Å². The Morgan fingerprint density at radius 1 is 0.662 bits per heavy atom. The second kappa shape index (κ2) is 37.9. The van der Waals surface area contributed by atoms with Gasteiger partial charge in [0.2, 0.25) is 17.7 Å². The van der Waals surface area contributed by atoms with Crippen molar-refractivity contribution < 1.29 is 86.0 Å². The number of H-pyrrole nitrogens is 1. The number of imide groups is 1. The van der Waals surface area contributed by atoms with Gasteiger partial charge in [0.15, 0.2) is 6.20 Å². The number of nitrogens with zero attached hydrogens (tertiary/aromatic N) is 4. The highest BCUT2D eigenvalue weighted by atomic mass is 16.7. The number of fused-ring (bicyclic) bond motifs is 1. The van der Waals surface area contributed by atoms with E-state index in [1.165, 1.54) is 5.06 Å². The van der Waals surface area contributed by atoms with Crippen LogP contribution in [-0.4, -0.2) is 214 Å². The van der Waals surface area contributed by atoms with E-state index in [9.17, 15) is 28.8 Å². The lowest BCUT2D eigenvalue weighted by atomic mass is 10.1. The highest BCUT2D eigenvalue weighted by molar-refractivity contribution is 6.14. The van der Waals surface area contributed by atoms with Crippen LogP contribution in [0.25, 0.3) is 17.3 Å². The van der Waals surface area contributed by atoms with Gasteiger partial charge in [0.05, 0.1) is 162 Å². The first-order chi connectivity index (χ1) is 36.2. The first-order valence-corrected chi connectivity index (χ1v) is 24.8. The molecule has 0 radical (unpaired) electrons. The number of rotatable bonds is 43. The molecule has 4 rings (SSSR count). The molecule has 0 atom stereocenters. The third kappa shape index (κ3) is 25.5. The van der Waals surface area contributed by atoms with E-state index in [0.29, 0.717) is 172 Å². The number of amides is 6. The number of anilines is 1. The van der Waals surface area contributed by atoms with Gasteiger partial charge in [-0.3, -0.25) is 43.5 Å². The fourth-order valence-corrected chi connectivity index (χ4v) is 6.52. The largest absolute Gasteiger partial charge is 0.379 e. The van der Waals surface area contributed by atoms with E-state index >= 15 is 0 Å². The molecule has 0 fully saturated rings. The van der Waals surface area contributed by atoms with Crippen LogP contribution in [0.2, 0.25) is 0 Å². The van der Waals surface area contributed by atoms with Gasteiger partial charge < -0.3 is 63.3 Å². The Balaban J connectivity index is 0.847. The van der Waals surface area contributed by atoms with Crippen molar-refractivity contribution in [3.63, 3.8) is 0 Å². The second-order valence-electron chi connectivity index (χ2n) is 15.9. The first-order valence-electron chi connectivity index (χ1n) is 24.8. The molecular weight excluding hydrogens is 973 g/mol. The van der Waals surface area contributed by atoms with Crippen LogP contribution in [0.5, 0.6) is 0 Å². The normalized spacial score (nSPS) is 13.2. The van der Waals surface area contributed by atoms with E-state index in [-0.39, 0.29) is 63.4 Å². The smallest absolute Gasteiger partial charge is 0.315 e. The topological polar surface area (TPSA) is 286 Å². The van der Waals surface area contributed by atoms with Gasteiger partial charge in [0, 0.05) is 49.0 Å². The molecule has 0 saturated carbocycles. The molecule has 25 nitrogen and oxygen atoms in total. The van der Waals surface area contributed by atoms with Crippen molar-refractivity contribution in [2.75, 3.05) is 164 Å². The minimum absolute atomic E-state index is 0.0884. The number of aromatic nitrogens is 3. The molecule has 4 N–H and O–H groups in total. The van der Waals surface area contributed by atoms with Crippen LogP contribution in [0.4, 0.5) is 5.69 Å². The summed E-state index contributed by atoms with van der Waals surface area (Å²) in [4.78, 5) is 91.3. The van der Waals surface area contributed by atoms with Crippen LogP contribution in [0, 0.1) is 0 Å². The number of hydrogen-bond acceptors (Lipinski definition) is 19. The summed E-state index contributed by atoms with van der Waals surface area (Å²) in [7, 11) is 0. The van der Waals surface area contributed by atoms with Crippen molar-refractivity contribution in [2.24, 2.45) is 0 Å². The summed E-state index contributed by atoms with van der Waals surface area (Å²) in [5.74, 6) is -1.76. The Kier molecular flexibility index (Phi) is 31.2. The maximum Gasteiger partial charge on any atom is 0.315 e. The van der Waals surface area contributed by atoms with Gasteiger partial charge in [-0.05, 0) is 25.5 Å². The Labute approximate surface area is 431 Å². The molecule has 74 heavy (non-hydrogen) atoms. The van der Waals surface area contributed by atoms with Crippen molar-refractivity contribution >= 4 is 47.2 Å². The summed E-state index contributed by atoms with van der Waals surface area (Å²) in [5, 5.41) is 9.56. The van der Waals surface area contributed by atoms with E-state index < -0.39 is 17.7 Å². The molecule has 2 aromatic heterocycles. The molecule has 6 amide bonds. The summed E-state index contributed by atoms with van der Waals surface area (Å²) in [6.45, 7) is 12.6. The van der Waals surface area contributed by atoms with Gasteiger partial charge in [0.25, 0.3) is 17.7 Å². The quantitative estimate of drug-likeness (QED) is 0.0451. The van der Waals surface area contributed by atoms with Crippen LogP contribution in [0.15, 0.2) is 42.4 Å². The molecule has 2 aliphatic rings. The van der Waals surface area contributed by atoms with Crippen LogP contribution in [-0.2, 0) is 87.5 Å². The molecule has 410 valence electrons. The van der Waals surface area contributed by atoms with Crippen molar-refractivity contribution in [3.05, 3.63) is 53.8 Å². The minimum Gasteiger partial charge on any atom is -0.379 e. The van der Waals surface area contributed by atoms with Crippen molar-refractivity contribution in [1.29, 1.82) is 0 Å². The number of pyridine rings is 1. The summed E-state index contributed by atoms with van der Waals surface area (Å²) in [6.07, 6.45) is 9.66. The minimum atomic E-state index is -0.501. The predicted molar refractivity (Wildman–Crippen MR) is 262 cm³/mol. The number of hydroxylamine groups is 2. The maximum absolute atomic E-state index is 13.1. The van der Waals surface area contributed by atoms with Gasteiger partial charge in [-0.2, -0.15) is 0 Å². The fraction of sp³-hybridized carbons (Fsp3) is 0.612. The molecule has 4 heterocycles. The summed E-state index contributed by atoms with van der Waals surface area (Å²) in [5.41, 5.74) is 2.67. The average Bonchev–Trinajstić information content (AvgIpc) is 3.60. The van der Waals surface area contributed by atoms with Gasteiger partial charge in [-0.25, -0.2) is 10.0 Å². The van der Waals surface area contributed by atoms with E-state index in [2.05, 4.69) is 30.9 Å². The van der Waals surface area contributed by atoms with Gasteiger partial charge in [0.1, 0.15) is 19.3 Å². The van der Waals surface area contributed by atoms with E-state index in [0.717, 1.165) is 17.1 Å². The third-order valence-corrected chi connectivity index (χ3v) is 10.2. The third-order valence-electron chi connectivity index (χ3n) is 10.2. The van der Waals surface area contributed by atoms with Gasteiger partial charge in [-0.15, -0.1) is 0 Å². The molecule has 25 heteroatoms. The Bertz CT molecular complexity index is 2040. The molecule has 2 aromatic rings. The number of aromatic amines is 1. The Hall–Kier alpha value is -5.71. The number of hydrogen-bond donors (Lipinski definition) is 3. The van der Waals surface area contributed by atoms with Crippen molar-refractivity contribution in [2.45, 2.75) is 39.7 Å². The number of carbonyl (C=O) groups is 6. The van der Waals surface area contributed by atoms with Crippen LogP contribution < -0.4 is 20.9 Å². The highest BCUT2D eigenvalue weighted by Gasteiger charge is 2.26. The Morgan fingerprint density at radius 2 is 1.18 bits per heavy atom. The number of carbonyl (C=O) groups excluding carboxylic acids is 6. The number of ether oxygens (including phenoxy) is 10. The first kappa shape index (κ1) is 60.8. The SMILES string of the molecule is CCCN(OCC)C(=O)C1=Cc2cnc(-c3cnc(CNC(=O)CCOCCOCCOCCOCCOCCOCCOCCOCCOCCOCCNC(=O)CN4C(=O)C=CC4=O)[nH+]c3)cc2NC(=O)C1. The molecule has 0 saturated heterocycles. The van der Waals surface area contributed by atoms with Crippen LogP contribution in [0.1, 0.15) is 44.5 Å². The zero-order chi connectivity index (χ0) is 52.9.